The number of hydrogen-bond donors (Lipinski definition) is 2. The summed E-state index contributed by atoms with van der Waals surface area (Å²) < 4.78 is 25.2. The van der Waals surface area contributed by atoms with E-state index in [0.717, 1.165) is 32.1 Å². The Morgan fingerprint density at radius 1 is 1.29 bits per heavy atom. The Balaban J connectivity index is 2.22. The highest BCUT2D eigenvalue weighted by Crippen LogP contribution is 2.17. The average molecular weight is 262 g/mol. The van der Waals surface area contributed by atoms with Gasteiger partial charge in [0, 0.05) is 6.04 Å². The lowest BCUT2D eigenvalue weighted by Crippen LogP contribution is -2.41. The second-order valence-electron chi connectivity index (χ2n) is 4.54. The molecular weight excluding hydrogens is 240 g/mol. The molecule has 0 aliphatic heterocycles. The molecule has 0 saturated heterocycles. The van der Waals surface area contributed by atoms with Crippen molar-refractivity contribution >= 4 is 15.9 Å². The lowest BCUT2D eigenvalue weighted by atomic mass is 10.2. The van der Waals surface area contributed by atoms with Crippen molar-refractivity contribution in [1.82, 2.24) is 10.0 Å². The van der Waals surface area contributed by atoms with Crippen LogP contribution < -0.4 is 10.0 Å². The predicted octanol–water partition coefficient (Wildman–Crippen LogP) is 0.765. The highest BCUT2D eigenvalue weighted by Gasteiger charge is 2.18. The number of carbonyl (C=O) groups is 1. The molecule has 0 aromatic carbocycles. The molecular formula is C11H22N2O3S. The Kier molecular flexibility index (Phi) is 5.91. The standard InChI is InChI=1S/C11H22N2O3S/c1-2-3-8-17(15,16)12-9-11(14)13-10-6-4-5-7-10/h10,12H,2-9H2,1H3,(H,13,14). The van der Waals surface area contributed by atoms with E-state index in [9.17, 15) is 13.2 Å². The molecule has 0 spiro atoms. The third-order valence-corrected chi connectivity index (χ3v) is 4.35. The van der Waals surface area contributed by atoms with Crippen LogP contribution in [-0.4, -0.2) is 32.7 Å². The Labute approximate surface area is 103 Å². The molecule has 0 heterocycles. The topological polar surface area (TPSA) is 75.3 Å². The molecule has 6 heteroatoms. The summed E-state index contributed by atoms with van der Waals surface area (Å²) >= 11 is 0. The molecule has 2 N–H and O–H groups in total. The quantitative estimate of drug-likeness (QED) is 0.711. The first kappa shape index (κ1) is 14.4. The molecule has 5 nitrogen and oxygen atoms in total. The van der Waals surface area contributed by atoms with Crippen molar-refractivity contribution in [2.45, 2.75) is 51.5 Å². The summed E-state index contributed by atoms with van der Waals surface area (Å²) in [6.45, 7) is 1.80. The van der Waals surface area contributed by atoms with Gasteiger partial charge in [-0.3, -0.25) is 4.79 Å². The van der Waals surface area contributed by atoms with Gasteiger partial charge in [0.05, 0.1) is 12.3 Å². The number of sulfonamides is 1. The maximum atomic E-state index is 11.5. The van der Waals surface area contributed by atoms with Crippen LogP contribution in [-0.2, 0) is 14.8 Å². The maximum absolute atomic E-state index is 11.5. The second-order valence-corrected chi connectivity index (χ2v) is 6.47. The van der Waals surface area contributed by atoms with Crippen molar-refractivity contribution < 1.29 is 13.2 Å². The summed E-state index contributed by atoms with van der Waals surface area (Å²) in [7, 11) is -3.28. The smallest absolute Gasteiger partial charge is 0.235 e. The zero-order valence-corrected chi connectivity index (χ0v) is 11.2. The van der Waals surface area contributed by atoms with Crippen LogP contribution in [0.2, 0.25) is 0 Å². The molecule has 0 aromatic heterocycles. The van der Waals surface area contributed by atoms with Gasteiger partial charge < -0.3 is 5.32 Å². The third kappa shape index (κ3) is 6.02. The minimum Gasteiger partial charge on any atom is -0.352 e. The summed E-state index contributed by atoms with van der Waals surface area (Å²) in [6, 6.07) is 0.239. The largest absolute Gasteiger partial charge is 0.352 e. The number of carbonyl (C=O) groups excluding carboxylic acids is 1. The third-order valence-electron chi connectivity index (χ3n) is 2.94. The van der Waals surface area contributed by atoms with Crippen LogP contribution in [0.5, 0.6) is 0 Å². The fraction of sp³-hybridized carbons (Fsp3) is 0.909. The Morgan fingerprint density at radius 3 is 2.53 bits per heavy atom. The van der Waals surface area contributed by atoms with Crippen LogP contribution in [0.1, 0.15) is 45.4 Å². The van der Waals surface area contributed by atoms with E-state index in [-0.39, 0.29) is 24.2 Å². The summed E-state index contributed by atoms with van der Waals surface area (Å²) in [4.78, 5) is 11.5. The summed E-state index contributed by atoms with van der Waals surface area (Å²) in [5, 5.41) is 2.84. The van der Waals surface area contributed by atoms with Crippen LogP contribution in [0, 0.1) is 0 Å². The normalized spacial score (nSPS) is 17.2. The van der Waals surface area contributed by atoms with E-state index in [2.05, 4.69) is 10.0 Å². The van der Waals surface area contributed by atoms with Crippen molar-refractivity contribution in [3.8, 4) is 0 Å². The second kappa shape index (κ2) is 6.96. The minimum absolute atomic E-state index is 0.0974. The molecule has 1 aliphatic carbocycles. The Morgan fingerprint density at radius 2 is 1.94 bits per heavy atom. The fourth-order valence-electron chi connectivity index (χ4n) is 1.93. The van der Waals surface area contributed by atoms with Gasteiger partial charge in [-0.25, -0.2) is 13.1 Å². The van der Waals surface area contributed by atoms with Gasteiger partial charge in [-0.1, -0.05) is 26.2 Å². The van der Waals surface area contributed by atoms with Crippen molar-refractivity contribution in [1.29, 1.82) is 0 Å². The Bertz CT molecular complexity index is 335. The molecule has 1 rings (SSSR count). The van der Waals surface area contributed by atoms with Crippen molar-refractivity contribution in [2.75, 3.05) is 12.3 Å². The van der Waals surface area contributed by atoms with Crippen molar-refractivity contribution in [3.05, 3.63) is 0 Å². The van der Waals surface area contributed by atoms with E-state index in [4.69, 9.17) is 0 Å². The van der Waals surface area contributed by atoms with Gasteiger partial charge >= 0.3 is 0 Å². The maximum Gasteiger partial charge on any atom is 0.235 e. The van der Waals surface area contributed by atoms with E-state index in [0.29, 0.717) is 6.42 Å². The first-order valence-corrected chi connectivity index (χ1v) is 7.95. The van der Waals surface area contributed by atoms with E-state index in [1.165, 1.54) is 0 Å². The van der Waals surface area contributed by atoms with E-state index >= 15 is 0 Å². The lowest BCUT2D eigenvalue weighted by Gasteiger charge is -2.12. The van der Waals surface area contributed by atoms with Crippen LogP contribution in [0.3, 0.4) is 0 Å². The molecule has 0 aromatic rings. The van der Waals surface area contributed by atoms with Crippen LogP contribution >= 0.6 is 0 Å². The van der Waals surface area contributed by atoms with Gasteiger partial charge in [0.25, 0.3) is 0 Å². The van der Waals surface area contributed by atoms with Crippen molar-refractivity contribution in [2.24, 2.45) is 0 Å². The minimum atomic E-state index is -3.28. The van der Waals surface area contributed by atoms with Gasteiger partial charge in [-0.15, -0.1) is 0 Å². The van der Waals surface area contributed by atoms with Crippen molar-refractivity contribution in [3.63, 3.8) is 0 Å². The highest BCUT2D eigenvalue weighted by molar-refractivity contribution is 7.89. The predicted molar refractivity (Wildman–Crippen MR) is 67.1 cm³/mol. The van der Waals surface area contributed by atoms with Crippen LogP contribution in [0.15, 0.2) is 0 Å². The Hall–Kier alpha value is -0.620. The number of nitrogens with one attached hydrogen (secondary N) is 2. The highest BCUT2D eigenvalue weighted by atomic mass is 32.2. The molecule has 0 bridgehead atoms. The molecule has 0 unspecified atom stereocenters. The SMILES string of the molecule is CCCCS(=O)(=O)NCC(=O)NC1CCCC1. The van der Waals surface area contributed by atoms with Gasteiger partial charge in [-0.2, -0.15) is 0 Å². The zero-order valence-electron chi connectivity index (χ0n) is 10.4. The molecule has 1 aliphatic rings. The number of amides is 1. The molecule has 100 valence electrons. The van der Waals surface area contributed by atoms with Crippen LogP contribution in [0.4, 0.5) is 0 Å². The first-order chi connectivity index (χ1) is 8.03. The van der Waals surface area contributed by atoms with Gasteiger partial charge in [0.2, 0.25) is 15.9 Å². The first-order valence-electron chi connectivity index (χ1n) is 6.30. The van der Waals surface area contributed by atoms with E-state index < -0.39 is 10.0 Å². The molecule has 1 fully saturated rings. The molecule has 0 radical (unpaired) electrons. The van der Waals surface area contributed by atoms with Gasteiger partial charge in [-0.05, 0) is 19.3 Å². The zero-order chi connectivity index (χ0) is 12.7. The lowest BCUT2D eigenvalue weighted by molar-refractivity contribution is -0.120. The van der Waals surface area contributed by atoms with Gasteiger partial charge in [0.15, 0.2) is 0 Å². The summed E-state index contributed by atoms with van der Waals surface area (Å²) in [5.74, 6) is -0.128. The molecule has 17 heavy (non-hydrogen) atoms. The fourth-order valence-corrected chi connectivity index (χ4v) is 3.09. The number of hydrogen-bond acceptors (Lipinski definition) is 3. The van der Waals surface area contributed by atoms with Gasteiger partial charge in [0.1, 0.15) is 0 Å². The average Bonchev–Trinajstić information content (AvgIpc) is 2.77. The van der Waals surface area contributed by atoms with E-state index in [1.54, 1.807) is 0 Å². The number of rotatable bonds is 7. The molecule has 1 saturated carbocycles. The van der Waals surface area contributed by atoms with Crippen LogP contribution in [0.25, 0.3) is 0 Å². The summed E-state index contributed by atoms with van der Waals surface area (Å²) in [6.07, 6.45) is 5.76. The molecule has 1 amide bonds. The summed E-state index contributed by atoms with van der Waals surface area (Å²) in [5.41, 5.74) is 0. The monoisotopic (exact) mass is 262 g/mol. The van der Waals surface area contributed by atoms with E-state index in [1.807, 2.05) is 6.92 Å². The molecule has 0 atom stereocenters. The number of unbranched alkanes of at least 4 members (excludes halogenated alkanes) is 1.